The highest BCUT2D eigenvalue weighted by Gasteiger charge is 2.22. The Morgan fingerprint density at radius 1 is 1.13 bits per heavy atom. The van der Waals surface area contributed by atoms with E-state index in [2.05, 4.69) is 11.9 Å². The number of para-hydroxylation sites is 3. The van der Waals surface area contributed by atoms with Crippen LogP contribution in [0.25, 0.3) is 5.69 Å². The van der Waals surface area contributed by atoms with Crippen molar-refractivity contribution in [2.45, 2.75) is 26.2 Å². The van der Waals surface area contributed by atoms with Crippen LogP contribution in [0.3, 0.4) is 0 Å². The molecule has 0 radical (unpaired) electrons. The lowest BCUT2D eigenvalue weighted by Gasteiger charge is -2.13. The van der Waals surface area contributed by atoms with E-state index in [4.69, 9.17) is 14.6 Å². The summed E-state index contributed by atoms with van der Waals surface area (Å²) in [4.78, 5) is 12.2. The number of carbonyl (C=O) groups is 1. The van der Waals surface area contributed by atoms with Crippen LogP contribution in [0.1, 0.15) is 24.6 Å². The van der Waals surface area contributed by atoms with Gasteiger partial charge < -0.3 is 14.8 Å². The minimum Gasteiger partial charge on any atom is -0.493 e. The van der Waals surface area contributed by atoms with Gasteiger partial charge in [0.05, 0.1) is 18.5 Å². The Labute approximate surface area is 177 Å². The van der Waals surface area contributed by atoms with Crippen molar-refractivity contribution in [2.24, 2.45) is 0 Å². The molecule has 1 heterocycles. The highest BCUT2D eigenvalue weighted by molar-refractivity contribution is 5.76. The van der Waals surface area contributed by atoms with Crippen LogP contribution in [0.4, 0.5) is 0 Å². The zero-order chi connectivity index (χ0) is 21.3. The molecule has 0 bridgehead atoms. The third kappa shape index (κ3) is 4.89. The number of nitrogens with zero attached hydrogens (tertiary/aromatic N) is 2. The van der Waals surface area contributed by atoms with E-state index in [1.54, 1.807) is 17.9 Å². The largest absolute Gasteiger partial charge is 0.493 e. The number of amides is 1. The third-order valence-corrected chi connectivity index (χ3v) is 4.68. The molecular weight excluding hydrogens is 378 g/mol. The van der Waals surface area contributed by atoms with E-state index >= 15 is 0 Å². The van der Waals surface area contributed by atoms with E-state index in [-0.39, 0.29) is 5.91 Å². The Morgan fingerprint density at radius 2 is 1.83 bits per heavy atom. The molecule has 3 aromatic rings. The Morgan fingerprint density at radius 3 is 2.50 bits per heavy atom. The molecule has 0 saturated carbocycles. The summed E-state index contributed by atoms with van der Waals surface area (Å²) in [7, 11) is 1.61. The number of aromatic nitrogens is 2. The summed E-state index contributed by atoms with van der Waals surface area (Å²) in [6.07, 6.45) is 3.25. The number of hydrogen-bond donors (Lipinski definition) is 1. The Hall–Kier alpha value is -3.54. The van der Waals surface area contributed by atoms with Crippen LogP contribution in [-0.4, -0.2) is 29.3 Å². The van der Waals surface area contributed by atoms with Crippen molar-refractivity contribution in [3.05, 3.63) is 78.5 Å². The molecule has 0 saturated heterocycles. The quantitative estimate of drug-likeness (QED) is 0.506. The SMILES string of the molecule is C=CCNC(=O)CCc1c(CC)nn(-c2ccccc2)c1Oc1ccccc1OC. The fourth-order valence-electron chi connectivity index (χ4n) is 3.18. The van der Waals surface area contributed by atoms with Crippen molar-refractivity contribution in [1.82, 2.24) is 15.1 Å². The van der Waals surface area contributed by atoms with E-state index in [0.29, 0.717) is 36.8 Å². The lowest BCUT2D eigenvalue weighted by atomic mass is 10.1. The first-order chi connectivity index (χ1) is 14.7. The zero-order valence-electron chi connectivity index (χ0n) is 17.4. The van der Waals surface area contributed by atoms with Gasteiger partial charge in [0.1, 0.15) is 0 Å². The number of ether oxygens (including phenoxy) is 2. The van der Waals surface area contributed by atoms with E-state index in [0.717, 1.165) is 23.4 Å². The van der Waals surface area contributed by atoms with Gasteiger partial charge in [-0.2, -0.15) is 5.10 Å². The van der Waals surface area contributed by atoms with Crippen LogP contribution in [-0.2, 0) is 17.6 Å². The molecular formula is C24H27N3O3. The first-order valence-corrected chi connectivity index (χ1v) is 10.0. The van der Waals surface area contributed by atoms with Crippen molar-refractivity contribution in [3.8, 4) is 23.1 Å². The molecule has 1 aromatic heterocycles. The average Bonchev–Trinajstić information content (AvgIpc) is 3.14. The first-order valence-electron chi connectivity index (χ1n) is 10.0. The summed E-state index contributed by atoms with van der Waals surface area (Å²) in [5.41, 5.74) is 2.71. The maximum absolute atomic E-state index is 12.2. The van der Waals surface area contributed by atoms with Crippen molar-refractivity contribution >= 4 is 5.91 Å². The van der Waals surface area contributed by atoms with Crippen LogP contribution in [0.15, 0.2) is 67.3 Å². The van der Waals surface area contributed by atoms with Gasteiger partial charge in [-0.05, 0) is 37.1 Å². The van der Waals surface area contributed by atoms with Gasteiger partial charge in [0, 0.05) is 18.5 Å². The van der Waals surface area contributed by atoms with Crippen molar-refractivity contribution in [2.75, 3.05) is 13.7 Å². The second kappa shape index (κ2) is 10.3. The predicted octanol–water partition coefficient (Wildman–Crippen LogP) is 4.47. The van der Waals surface area contributed by atoms with Gasteiger partial charge in [-0.25, -0.2) is 4.68 Å². The van der Waals surface area contributed by atoms with Gasteiger partial charge in [-0.15, -0.1) is 6.58 Å². The molecule has 0 aliphatic heterocycles. The normalized spacial score (nSPS) is 10.5. The minimum atomic E-state index is -0.0346. The molecule has 0 fully saturated rings. The van der Waals surface area contributed by atoms with E-state index < -0.39 is 0 Å². The van der Waals surface area contributed by atoms with Crippen molar-refractivity contribution < 1.29 is 14.3 Å². The van der Waals surface area contributed by atoms with Gasteiger partial charge >= 0.3 is 0 Å². The Bertz CT molecular complexity index is 996. The maximum atomic E-state index is 12.2. The molecule has 0 unspecified atom stereocenters. The standard InChI is InChI=1S/C24H27N3O3/c1-4-17-25-23(28)16-15-19-20(5-2)26-27(18-11-7-6-8-12-18)24(19)30-22-14-10-9-13-21(22)29-3/h4,6-14H,1,5,15-17H2,2-3H3,(H,25,28). The molecule has 2 aromatic carbocycles. The molecule has 0 spiro atoms. The number of methoxy groups -OCH3 is 1. The predicted molar refractivity (Wildman–Crippen MR) is 118 cm³/mol. The number of nitrogens with one attached hydrogen (secondary N) is 1. The summed E-state index contributed by atoms with van der Waals surface area (Å²) in [6.45, 7) is 6.13. The molecule has 3 rings (SSSR count). The summed E-state index contributed by atoms with van der Waals surface area (Å²) in [6, 6.07) is 17.3. The molecule has 156 valence electrons. The zero-order valence-corrected chi connectivity index (χ0v) is 17.4. The Balaban J connectivity index is 2.02. The van der Waals surface area contributed by atoms with Crippen molar-refractivity contribution in [3.63, 3.8) is 0 Å². The molecule has 30 heavy (non-hydrogen) atoms. The minimum absolute atomic E-state index is 0.0346. The maximum Gasteiger partial charge on any atom is 0.226 e. The monoisotopic (exact) mass is 405 g/mol. The fourth-order valence-corrected chi connectivity index (χ4v) is 3.18. The second-order valence-corrected chi connectivity index (χ2v) is 6.68. The van der Waals surface area contributed by atoms with E-state index in [1.165, 1.54) is 0 Å². The van der Waals surface area contributed by atoms with Crippen LogP contribution in [0, 0.1) is 0 Å². The average molecular weight is 405 g/mol. The lowest BCUT2D eigenvalue weighted by molar-refractivity contribution is -0.120. The van der Waals surface area contributed by atoms with Crippen LogP contribution < -0.4 is 14.8 Å². The Kier molecular flexibility index (Phi) is 7.27. The van der Waals surface area contributed by atoms with E-state index in [1.807, 2.05) is 61.5 Å². The summed E-state index contributed by atoms with van der Waals surface area (Å²) >= 11 is 0. The van der Waals surface area contributed by atoms with Gasteiger partial charge in [0.15, 0.2) is 11.5 Å². The highest BCUT2D eigenvalue weighted by atomic mass is 16.5. The molecule has 6 nitrogen and oxygen atoms in total. The van der Waals surface area contributed by atoms with Crippen molar-refractivity contribution in [1.29, 1.82) is 0 Å². The molecule has 0 atom stereocenters. The smallest absolute Gasteiger partial charge is 0.226 e. The van der Waals surface area contributed by atoms with Crippen LogP contribution in [0.2, 0.25) is 0 Å². The van der Waals surface area contributed by atoms with Gasteiger partial charge in [0.2, 0.25) is 11.8 Å². The number of aryl methyl sites for hydroxylation is 1. The summed E-state index contributed by atoms with van der Waals surface area (Å²) in [5, 5.41) is 7.61. The van der Waals surface area contributed by atoms with Gasteiger partial charge in [-0.1, -0.05) is 43.3 Å². The fraction of sp³-hybridized carbons (Fsp3) is 0.250. The molecule has 1 N–H and O–H groups in total. The lowest BCUT2D eigenvalue weighted by Crippen LogP contribution is -2.23. The van der Waals surface area contributed by atoms with E-state index in [9.17, 15) is 4.79 Å². The number of hydrogen-bond acceptors (Lipinski definition) is 4. The third-order valence-electron chi connectivity index (χ3n) is 4.68. The molecule has 1 amide bonds. The van der Waals surface area contributed by atoms with Crippen LogP contribution >= 0.6 is 0 Å². The number of benzene rings is 2. The summed E-state index contributed by atoms with van der Waals surface area (Å²) < 4.78 is 13.6. The highest BCUT2D eigenvalue weighted by Crippen LogP contribution is 2.36. The van der Waals surface area contributed by atoms with Gasteiger partial charge in [0.25, 0.3) is 0 Å². The topological polar surface area (TPSA) is 65.4 Å². The molecule has 0 aliphatic carbocycles. The number of carbonyl (C=O) groups excluding carboxylic acids is 1. The molecule has 6 heteroatoms. The van der Waals surface area contributed by atoms with Gasteiger partial charge in [-0.3, -0.25) is 4.79 Å². The second-order valence-electron chi connectivity index (χ2n) is 6.68. The molecule has 0 aliphatic rings. The van der Waals surface area contributed by atoms with Crippen LogP contribution in [0.5, 0.6) is 17.4 Å². The summed E-state index contributed by atoms with van der Waals surface area (Å²) in [5.74, 6) is 1.79. The number of rotatable bonds is 10. The first kappa shape index (κ1) is 21.2.